The van der Waals surface area contributed by atoms with Gasteiger partial charge in [0.1, 0.15) is 4.90 Å². The molecule has 2 aromatic rings. The van der Waals surface area contributed by atoms with Crippen molar-refractivity contribution in [1.29, 1.82) is 0 Å². The van der Waals surface area contributed by atoms with Gasteiger partial charge in [-0.05, 0) is 81.8 Å². The lowest BCUT2D eigenvalue weighted by Crippen LogP contribution is -2.39. The summed E-state index contributed by atoms with van der Waals surface area (Å²) in [5.41, 5.74) is 4.57. The van der Waals surface area contributed by atoms with Crippen molar-refractivity contribution in [1.82, 2.24) is 4.90 Å². The minimum atomic E-state index is -4.22. The first kappa shape index (κ1) is 29.1. The molecule has 2 aromatic carbocycles. The minimum Gasteiger partial charge on any atom is -0.490 e. The molecule has 0 saturated carbocycles. The van der Waals surface area contributed by atoms with Gasteiger partial charge in [0.2, 0.25) is 0 Å². The van der Waals surface area contributed by atoms with E-state index >= 15 is 0 Å². The van der Waals surface area contributed by atoms with E-state index in [0.717, 1.165) is 37.1 Å². The third-order valence-electron chi connectivity index (χ3n) is 7.85. The molecule has 216 valence electrons. The summed E-state index contributed by atoms with van der Waals surface area (Å²) in [7, 11) is -4.22. The fourth-order valence-electron chi connectivity index (χ4n) is 6.21. The fourth-order valence-corrected chi connectivity index (χ4v) is 7.31. The van der Waals surface area contributed by atoms with Crippen molar-refractivity contribution in [2.45, 2.75) is 69.6 Å². The molecule has 0 N–H and O–H groups in total. The van der Waals surface area contributed by atoms with Gasteiger partial charge < -0.3 is 13.8 Å². The lowest BCUT2D eigenvalue weighted by molar-refractivity contribution is -0.117. The summed E-state index contributed by atoms with van der Waals surface area (Å²) in [5.74, 6) is -0.159. The molecule has 5 rings (SSSR count). The number of Topliss-reactive ketones (excluding diaryl/α,β-unsaturated/α-hetero) is 2. The summed E-state index contributed by atoms with van der Waals surface area (Å²) in [4.78, 5) is 29.2. The van der Waals surface area contributed by atoms with Gasteiger partial charge in [0.05, 0.1) is 6.61 Å². The number of allylic oxidation sites excluding steroid dienone is 5. The molecule has 1 aliphatic heterocycles. The molecule has 3 aliphatic rings. The number of hydrogen-bond acceptors (Lipinski definition) is 7. The van der Waals surface area contributed by atoms with E-state index in [9.17, 15) is 18.0 Å². The lowest BCUT2D eigenvalue weighted by atomic mass is 9.70. The van der Waals surface area contributed by atoms with Crippen LogP contribution in [0, 0.1) is 0 Å². The Morgan fingerprint density at radius 2 is 1.59 bits per heavy atom. The molecule has 41 heavy (non-hydrogen) atoms. The van der Waals surface area contributed by atoms with Crippen LogP contribution in [0.4, 0.5) is 0 Å². The highest BCUT2D eigenvalue weighted by Gasteiger charge is 2.43. The van der Waals surface area contributed by atoms with Gasteiger partial charge in [0.15, 0.2) is 23.1 Å². The highest BCUT2D eigenvalue weighted by Crippen LogP contribution is 2.50. The summed E-state index contributed by atoms with van der Waals surface area (Å²) in [6.07, 6.45) is 5.90. The molecule has 0 saturated heterocycles. The van der Waals surface area contributed by atoms with E-state index < -0.39 is 16.0 Å². The number of halogens is 1. The van der Waals surface area contributed by atoms with E-state index in [1.54, 1.807) is 19.1 Å². The quantitative estimate of drug-likeness (QED) is 0.236. The standard InChI is InChI=1S/C32H34ClNO6S/c1-4-9-20-18-21(19-28(39-6-3)32(20)40-41(37,38)23-16-14-22(33)15-17-23)29-30-24(10-7-12-26(30)35)34(5-2)25-11-8-13-27(36)31(25)29/h4,14-19,29H,1,5-13H2,2-3H3. The number of carbonyl (C=O) groups is 2. The van der Waals surface area contributed by atoms with Crippen molar-refractivity contribution in [2.24, 2.45) is 0 Å². The van der Waals surface area contributed by atoms with Gasteiger partial charge in [-0.2, -0.15) is 8.42 Å². The van der Waals surface area contributed by atoms with Crippen molar-refractivity contribution in [3.63, 3.8) is 0 Å². The van der Waals surface area contributed by atoms with Gasteiger partial charge >= 0.3 is 10.1 Å². The molecule has 1 heterocycles. The van der Waals surface area contributed by atoms with Crippen LogP contribution >= 0.6 is 11.6 Å². The number of ketones is 2. The smallest absolute Gasteiger partial charge is 0.339 e. The van der Waals surface area contributed by atoms with E-state index in [2.05, 4.69) is 18.4 Å². The maximum absolute atomic E-state index is 13.5. The fraction of sp³-hybridized carbons (Fsp3) is 0.375. The molecule has 9 heteroatoms. The number of hydrogen-bond donors (Lipinski definition) is 0. The second-order valence-corrected chi connectivity index (χ2v) is 12.4. The molecule has 0 aromatic heterocycles. The van der Waals surface area contributed by atoms with E-state index in [-0.39, 0.29) is 41.0 Å². The average Bonchev–Trinajstić information content (AvgIpc) is 2.94. The first-order valence-corrected chi connectivity index (χ1v) is 15.9. The Balaban J connectivity index is 1.70. The zero-order valence-corrected chi connectivity index (χ0v) is 24.9. The van der Waals surface area contributed by atoms with Crippen LogP contribution in [-0.4, -0.2) is 38.0 Å². The normalized spacial score (nSPS) is 17.9. The molecule has 0 amide bonds. The van der Waals surface area contributed by atoms with Gasteiger partial charge in [0, 0.05) is 58.4 Å². The summed E-state index contributed by atoms with van der Waals surface area (Å²) in [6.45, 7) is 8.65. The van der Waals surface area contributed by atoms with Gasteiger partial charge in [0.25, 0.3) is 0 Å². The summed E-state index contributed by atoms with van der Waals surface area (Å²) in [6, 6.07) is 9.29. The van der Waals surface area contributed by atoms with Crippen LogP contribution in [-0.2, 0) is 26.1 Å². The minimum absolute atomic E-state index is 0.0462. The number of benzene rings is 2. The number of carbonyl (C=O) groups excluding carboxylic acids is 2. The van der Waals surface area contributed by atoms with E-state index in [0.29, 0.717) is 46.7 Å². The Hall–Kier alpha value is -3.36. The lowest BCUT2D eigenvalue weighted by Gasteiger charge is -2.43. The molecule has 0 unspecified atom stereocenters. The van der Waals surface area contributed by atoms with Crippen molar-refractivity contribution >= 4 is 33.3 Å². The van der Waals surface area contributed by atoms with Gasteiger partial charge in [-0.3, -0.25) is 9.59 Å². The van der Waals surface area contributed by atoms with Crippen molar-refractivity contribution in [2.75, 3.05) is 13.2 Å². The topological polar surface area (TPSA) is 90.0 Å². The Kier molecular flexibility index (Phi) is 8.43. The van der Waals surface area contributed by atoms with Crippen LogP contribution in [0.3, 0.4) is 0 Å². The average molecular weight is 596 g/mol. The zero-order valence-electron chi connectivity index (χ0n) is 23.4. The summed E-state index contributed by atoms with van der Waals surface area (Å²) in [5, 5.41) is 0.404. The third-order valence-corrected chi connectivity index (χ3v) is 9.34. The Morgan fingerprint density at radius 3 is 2.12 bits per heavy atom. The van der Waals surface area contributed by atoms with Gasteiger partial charge in [-0.25, -0.2) is 0 Å². The predicted molar refractivity (Wildman–Crippen MR) is 158 cm³/mol. The monoisotopic (exact) mass is 595 g/mol. The molecule has 7 nitrogen and oxygen atoms in total. The molecular weight excluding hydrogens is 562 g/mol. The molecule has 0 radical (unpaired) electrons. The second-order valence-electron chi connectivity index (χ2n) is 10.4. The van der Waals surface area contributed by atoms with Crippen LogP contribution in [0.2, 0.25) is 5.02 Å². The Bertz CT molecular complexity index is 1530. The van der Waals surface area contributed by atoms with Crippen LogP contribution < -0.4 is 8.92 Å². The number of rotatable bonds is 9. The van der Waals surface area contributed by atoms with Gasteiger partial charge in [-0.1, -0.05) is 23.7 Å². The summed E-state index contributed by atoms with van der Waals surface area (Å²) >= 11 is 5.96. The highest BCUT2D eigenvalue weighted by atomic mass is 35.5. The predicted octanol–water partition coefficient (Wildman–Crippen LogP) is 6.67. The Labute approximate surface area is 246 Å². The van der Waals surface area contributed by atoms with Crippen LogP contribution in [0.15, 0.2) is 76.5 Å². The number of nitrogens with zero attached hydrogens (tertiary/aromatic N) is 1. The zero-order chi connectivity index (χ0) is 29.3. The van der Waals surface area contributed by atoms with Crippen LogP contribution in [0.1, 0.15) is 69.4 Å². The maximum atomic E-state index is 13.5. The van der Waals surface area contributed by atoms with E-state index in [4.69, 9.17) is 20.5 Å². The van der Waals surface area contributed by atoms with Crippen molar-refractivity contribution in [3.05, 3.63) is 87.7 Å². The van der Waals surface area contributed by atoms with Crippen LogP contribution in [0.5, 0.6) is 11.5 Å². The van der Waals surface area contributed by atoms with E-state index in [1.807, 2.05) is 6.07 Å². The molecular formula is C32H34ClNO6S. The largest absolute Gasteiger partial charge is 0.490 e. The molecule has 0 fully saturated rings. The third kappa shape index (κ3) is 5.47. The van der Waals surface area contributed by atoms with Gasteiger partial charge in [-0.15, -0.1) is 6.58 Å². The number of ether oxygens (including phenoxy) is 1. The first-order valence-electron chi connectivity index (χ1n) is 14.1. The molecule has 0 spiro atoms. The maximum Gasteiger partial charge on any atom is 0.339 e. The first-order chi connectivity index (χ1) is 19.7. The SMILES string of the molecule is C=CCc1cc(C2C3=C(CCCC3=O)N(CC)C3=C2C(=O)CCC3)cc(OCC)c1OS(=O)(=O)c1ccc(Cl)cc1. The second kappa shape index (κ2) is 11.9. The van der Waals surface area contributed by atoms with E-state index in [1.165, 1.54) is 24.3 Å². The molecule has 0 bridgehead atoms. The van der Waals surface area contributed by atoms with Crippen molar-refractivity contribution in [3.8, 4) is 11.5 Å². The Morgan fingerprint density at radius 1 is 0.976 bits per heavy atom. The molecule has 0 atom stereocenters. The van der Waals surface area contributed by atoms with Crippen LogP contribution in [0.25, 0.3) is 0 Å². The summed E-state index contributed by atoms with van der Waals surface area (Å²) < 4.78 is 38.3. The van der Waals surface area contributed by atoms with Crippen molar-refractivity contribution < 1.29 is 26.9 Å². The highest BCUT2D eigenvalue weighted by molar-refractivity contribution is 7.87. The molecule has 2 aliphatic carbocycles.